The fraction of sp³-hybridized carbons (Fsp3) is 0.308. The summed E-state index contributed by atoms with van der Waals surface area (Å²) in [6.45, 7) is 4.87. The summed E-state index contributed by atoms with van der Waals surface area (Å²) >= 11 is 0. The van der Waals surface area contributed by atoms with Crippen molar-refractivity contribution in [2.45, 2.75) is 20.8 Å². The molecule has 1 rings (SSSR count). The molecule has 5 heteroatoms. The standard InChI is InChI=1S/C13H15NO4/c1-4-18-13(17)12(16)10-7-8(2)5-6-11(10)14-9(3)15/h5-7H,4H2,1-3H3,(H,14,15). The Hall–Kier alpha value is -2.17. The Balaban J connectivity index is 3.12. The van der Waals surface area contributed by atoms with E-state index in [9.17, 15) is 14.4 Å². The number of anilines is 1. The van der Waals surface area contributed by atoms with Crippen LogP contribution >= 0.6 is 0 Å². The number of ketones is 1. The molecule has 1 aromatic rings. The Kier molecular flexibility index (Phi) is 4.59. The average molecular weight is 249 g/mol. The number of carbonyl (C=O) groups excluding carboxylic acids is 3. The Morgan fingerprint density at radius 3 is 2.50 bits per heavy atom. The summed E-state index contributed by atoms with van der Waals surface area (Å²) in [6, 6.07) is 4.88. The number of hydrogen-bond donors (Lipinski definition) is 1. The molecule has 5 nitrogen and oxygen atoms in total. The van der Waals surface area contributed by atoms with Crippen molar-refractivity contribution in [2.75, 3.05) is 11.9 Å². The molecule has 0 unspecified atom stereocenters. The van der Waals surface area contributed by atoms with Crippen LogP contribution in [0.2, 0.25) is 0 Å². The van der Waals surface area contributed by atoms with Crippen molar-refractivity contribution in [3.63, 3.8) is 0 Å². The van der Waals surface area contributed by atoms with Gasteiger partial charge in [-0.2, -0.15) is 0 Å². The molecule has 1 aromatic carbocycles. The van der Waals surface area contributed by atoms with E-state index in [0.717, 1.165) is 5.56 Å². The third-order valence-corrected chi connectivity index (χ3v) is 2.19. The zero-order valence-corrected chi connectivity index (χ0v) is 10.6. The smallest absolute Gasteiger partial charge is 0.379 e. The number of hydrogen-bond acceptors (Lipinski definition) is 4. The normalized spacial score (nSPS) is 9.72. The molecule has 0 saturated heterocycles. The summed E-state index contributed by atoms with van der Waals surface area (Å²) in [7, 11) is 0. The van der Waals surface area contributed by atoms with Crippen molar-refractivity contribution in [3.05, 3.63) is 29.3 Å². The van der Waals surface area contributed by atoms with E-state index < -0.39 is 11.8 Å². The van der Waals surface area contributed by atoms with Gasteiger partial charge in [-0.15, -0.1) is 0 Å². The van der Waals surface area contributed by atoms with E-state index in [1.54, 1.807) is 32.0 Å². The van der Waals surface area contributed by atoms with Crippen molar-refractivity contribution in [3.8, 4) is 0 Å². The molecule has 18 heavy (non-hydrogen) atoms. The second-order valence-corrected chi connectivity index (χ2v) is 3.78. The van der Waals surface area contributed by atoms with E-state index in [-0.39, 0.29) is 18.1 Å². The number of benzene rings is 1. The highest BCUT2D eigenvalue weighted by molar-refractivity contribution is 6.42. The first-order chi connectivity index (χ1) is 8.45. The molecule has 0 fully saturated rings. The Labute approximate surface area is 105 Å². The number of amides is 1. The van der Waals surface area contributed by atoms with Crippen molar-refractivity contribution in [1.29, 1.82) is 0 Å². The van der Waals surface area contributed by atoms with Gasteiger partial charge < -0.3 is 10.1 Å². The second kappa shape index (κ2) is 5.95. The lowest BCUT2D eigenvalue weighted by atomic mass is 10.1. The molecule has 0 aliphatic heterocycles. The molecule has 0 radical (unpaired) electrons. The number of rotatable bonds is 4. The van der Waals surface area contributed by atoms with E-state index in [0.29, 0.717) is 5.69 Å². The molecular weight excluding hydrogens is 234 g/mol. The maximum Gasteiger partial charge on any atom is 0.379 e. The molecule has 1 amide bonds. The minimum absolute atomic E-state index is 0.131. The first-order valence-electron chi connectivity index (χ1n) is 5.55. The second-order valence-electron chi connectivity index (χ2n) is 3.78. The quantitative estimate of drug-likeness (QED) is 0.501. The fourth-order valence-corrected chi connectivity index (χ4v) is 1.45. The van der Waals surface area contributed by atoms with E-state index in [2.05, 4.69) is 10.1 Å². The monoisotopic (exact) mass is 249 g/mol. The predicted octanol–water partition coefficient (Wildman–Crippen LogP) is 1.70. The molecule has 0 bridgehead atoms. The lowest BCUT2D eigenvalue weighted by molar-refractivity contribution is -0.137. The Morgan fingerprint density at radius 2 is 1.94 bits per heavy atom. The molecule has 0 atom stereocenters. The largest absolute Gasteiger partial charge is 0.460 e. The van der Waals surface area contributed by atoms with E-state index in [1.165, 1.54) is 6.92 Å². The van der Waals surface area contributed by atoms with Crippen LogP contribution in [0.4, 0.5) is 5.69 Å². The van der Waals surface area contributed by atoms with Gasteiger partial charge in [-0.25, -0.2) is 4.79 Å². The number of esters is 1. The molecule has 0 heterocycles. The highest BCUT2D eigenvalue weighted by Crippen LogP contribution is 2.18. The summed E-state index contributed by atoms with van der Waals surface area (Å²) < 4.78 is 4.66. The molecule has 1 N–H and O–H groups in total. The summed E-state index contributed by atoms with van der Waals surface area (Å²) in [4.78, 5) is 34.3. The number of Topliss-reactive ketones (excluding diaryl/α,β-unsaturated/α-hetero) is 1. The zero-order chi connectivity index (χ0) is 13.7. The highest BCUT2D eigenvalue weighted by Gasteiger charge is 2.21. The van der Waals surface area contributed by atoms with E-state index in [1.807, 2.05) is 0 Å². The van der Waals surface area contributed by atoms with Crippen LogP contribution in [0.3, 0.4) is 0 Å². The van der Waals surface area contributed by atoms with Crippen molar-refractivity contribution >= 4 is 23.3 Å². The molecule has 0 saturated carbocycles. The predicted molar refractivity (Wildman–Crippen MR) is 66.4 cm³/mol. The number of aryl methyl sites for hydroxylation is 1. The van der Waals surface area contributed by atoms with Crippen molar-refractivity contribution in [1.82, 2.24) is 0 Å². The number of carbonyl (C=O) groups is 3. The van der Waals surface area contributed by atoms with E-state index >= 15 is 0 Å². The van der Waals surface area contributed by atoms with Gasteiger partial charge in [0.25, 0.3) is 5.78 Å². The van der Waals surface area contributed by atoms with Crippen LogP contribution in [0.25, 0.3) is 0 Å². The third-order valence-electron chi connectivity index (χ3n) is 2.19. The minimum Gasteiger partial charge on any atom is -0.460 e. The maximum atomic E-state index is 11.9. The minimum atomic E-state index is -0.922. The molecule has 0 aromatic heterocycles. The Bertz CT molecular complexity index is 494. The van der Waals surface area contributed by atoms with Gasteiger partial charge in [0.05, 0.1) is 17.9 Å². The van der Waals surface area contributed by atoms with Crippen LogP contribution in [0.1, 0.15) is 29.8 Å². The highest BCUT2D eigenvalue weighted by atomic mass is 16.5. The first kappa shape index (κ1) is 13.9. The van der Waals surface area contributed by atoms with Gasteiger partial charge in [-0.1, -0.05) is 11.6 Å². The molecule has 0 spiro atoms. The van der Waals surface area contributed by atoms with Gasteiger partial charge in [-0.05, 0) is 26.0 Å². The number of nitrogens with one attached hydrogen (secondary N) is 1. The fourth-order valence-electron chi connectivity index (χ4n) is 1.45. The molecule has 96 valence electrons. The van der Waals surface area contributed by atoms with Gasteiger partial charge in [0, 0.05) is 6.92 Å². The third kappa shape index (κ3) is 3.41. The maximum absolute atomic E-state index is 11.9. The van der Waals surface area contributed by atoms with Crippen LogP contribution in [0.5, 0.6) is 0 Å². The SMILES string of the molecule is CCOC(=O)C(=O)c1cc(C)ccc1NC(C)=O. The molecular formula is C13H15NO4. The van der Waals surface area contributed by atoms with Crippen molar-refractivity contribution < 1.29 is 19.1 Å². The average Bonchev–Trinajstić information content (AvgIpc) is 2.30. The lowest BCUT2D eigenvalue weighted by Gasteiger charge is -2.09. The van der Waals surface area contributed by atoms with Gasteiger partial charge in [-0.3, -0.25) is 9.59 Å². The van der Waals surface area contributed by atoms with Crippen LogP contribution in [-0.2, 0) is 14.3 Å². The van der Waals surface area contributed by atoms with Crippen molar-refractivity contribution in [2.24, 2.45) is 0 Å². The van der Waals surface area contributed by atoms with Gasteiger partial charge >= 0.3 is 5.97 Å². The topological polar surface area (TPSA) is 72.5 Å². The van der Waals surface area contributed by atoms with Gasteiger partial charge in [0.2, 0.25) is 5.91 Å². The van der Waals surface area contributed by atoms with Crippen LogP contribution < -0.4 is 5.32 Å². The summed E-state index contributed by atoms with van der Waals surface area (Å²) in [5.41, 5.74) is 1.27. The molecule has 0 aliphatic carbocycles. The number of ether oxygens (including phenoxy) is 1. The summed E-state index contributed by atoms with van der Waals surface area (Å²) in [6.07, 6.45) is 0. The summed E-state index contributed by atoms with van der Waals surface area (Å²) in [5, 5.41) is 2.51. The first-order valence-corrected chi connectivity index (χ1v) is 5.55. The van der Waals surface area contributed by atoms with E-state index in [4.69, 9.17) is 0 Å². The van der Waals surface area contributed by atoms with Crippen LogP contribution in [-0.4, -0.2) is 24.3 Å². The van der Waals surface area contributed by atoms with Gasteiger partial charge in [0.1, 0.15) is 0 Å². The Morgan fingerprint density at radius 1 is 1.28 bits per heavy atom. The van der Waals surface area contributed by atoms with Crippen LogP contribution in [0, 0.1) is 6.92 Å². The zero-order valence-electron chi connectivity index (χ0n) is 10.6. The summed E-state index contributed by atoms with van der Waals surface area (Å²) in [5.74, 6) is -1.99. The lowest BCUT2D eigenvalue weighted by Crippen LogP contribution is -2.20. The van der Waals surface area contributed by atoms with Gasteiger partial charge in [0.15, 0.2) is 0 Å². The van der Waals surface area contributed by atoms with Crippen LogP contribution in [0.15, 0.2) is 18.2 Å². The molecule has 0 aliphatic rings.